The Morgan fingerprint density at radius 3 is 1.29 bits per heavy atom. The molecule has 43 heteroatoms. The Morgan fingerprint density at radius 2 is 0.873 bits per heavy atom. The first-order valence-electron chi connectivity index (χ1n) is 33.9. The predicted octanol–water partition coefficient (Wildman–Crippen LogP) is 12.1. The summed E-state index contributed by atoms with van der Waals surface area (Å²) in [6, 6.07) is 6.70. The van der Waals surface area contributed by atoms with Gasteiger partial charge in [-0.25, -0.2) is 56.7 Å². The molecule has 10 aromatic rings. The second-order valence-electron chi connectivity index (χ2n) is 24.2. The van der Waals surface area contributed by atoms with Gasteiger partial charge in [0.1, 0.15) is 16.6 Å². The maximum atomic E-state index is 13.1. The number of nitrogen functional groups attached to an aromatic ring is 2. The fraction of sp³-hybridized carbons (Fsp3) is 0.463. The van der Waals surface area contributed by atoms with Crippen molar-refractivity contribution in [1.82, 2.24) is 88.5 Å². The molecule has 3 radical (unpaired) electrons. The van der Waals surface area contributed by atoms with Crippen molar-refractivity contribution in [1.29, 1.82) is 0 Å². The molecule has 10 rings (SSSR count). The number of halogens is 8. The second kappa shape index (κ2) is 45.1. The van der Waals surface area contributed by atoms with Crippen LogP contribution in [0, 0.1) is 34.6 Å². The summed E-state index contributed by atoms with van der Waals surface area (Å²) in [5, 5.41) is 6.89. The van der Waals surface area contributed by atoms with E-state index in [2.05, 4.69) is 106 Å². The Labute approximate surface area is 681 Å². The van der Waals surface area contributed by atoms with E-state index in [1.54, 1.807) is 58.2 Å². The number of hydrogen-bond donors (Lipinski definition) is 7. The van der Waals surface area contributed by atoms with Crippen LogP contribution in [0.25, 0.3) is 33.5 Å². The molecule has 0 bridgehead atoms. The highest BCUT2D eigenvalue weighted by molar-refractivity contribution is 7.91. The van der Waals surface area contributed by atoms with Gasteiger partial charge in [-0.3, -0.25) is 42.8 Å². The molecule has 0 aliphatic rings. The molecule has 5 atom stereocenters. The van der Waals surface area contributed by atoms with Gasteiger partial charge < -0.3 is 38.6 Å². The Balaban J connectivity index is 0.000000455. The molecule has 0 saturated carbocycles. The number of aromatic amines is 1. The van der Waals surface area contributed by atoms with Crippen LogP contribution in [0.4, 0.5) is 23.0 Å². The summed E-state index contributed by atoms with van der Waals surface area (Å²) in [5.41, 5.74) is 27.7. The van der Waals surface area contributed by atoms with E-state index in [4.69, 9.17) is 104 Å². The minimum Gasteiger partial charge on any atom is -0.395 e. The number of sulfone groups is 2. The number of fused-ring (bicyclic) bond motifs is 3. The van der Waals surface area contributed by atoms with Crippen LogP contribution in [0.5, 0.6) is 0 Å². The first-order chi connectivity index (χ1) is 50.6. The van der Waals surface area contributed by atoms with Crippen LogP contribution in [0.15, 0.2) is 65.6 Å². The van der Waals surface area contributed by atoms with Gasteiger partial charge in [-0.05, 0) is 184 Å². The maximum absolute atomic E-state index is 13.1. The van der Waals surface area contributed by atoms with E-state index in [-0.39, 0.29) is 120 Å². The molecule has 0 aliphatic heterocycles. The van der Waals surface area contributed by atoms with Gasteiger partial charge in [0.25, 0.3) is 11.1 Å². The van der Waals surface area contributed by atoms with E-state index in [1.165, 1.54) is 33.7 Å². The number of nitrogens with two attached hydrogens (primary N) is 4. The number of aryl methyl sites for hydroxylation is 5. The Hall–Kier alpha value is -7.68. The lowest BCUT2D eigenvalue weighted by Crippen LogP contribution is -2.38. The minimum atomic E-state index is -3.31. The molecule has 110 heavy (non-hydrogen) atoms. The van der Waals surface area contributed by atoms with E-state index in [9.17, 15) is 36.0 Å². The highest BCUT2D eigenvalue weighted by Crippen LogP contribution is 2.26. The fourth-order valence-corrected chi connectivity index (χ4v) is 12.0. The molecular formula is C67H92BCl8N24O8S2. The average molecular weight is 1720 g/mol. The van der Waals surface area contributed by atoms with Crippen molar-refractivity contribution in [2.24, 2.45) is 11.5 Å². The largest absolute Gasteiger partial charge is 0.395 e. The second-order valence-corrected chi connectivity index (χ2v) is 31.2. The lowest BCUT2D eigenvalue weighted by atomic mass is 10.2. The maximum Gasteiger partial charge on any atom is 0.318 e. The van der Waals surface area contributed by atoms with Crippen LogP contribution in [-0.2, 0) is 32.8 Å². The van der Waals surface area contributed by atoms with Crippen molar-refractivity contribution in [3.63, 3.8) is 0 Å². The summed E-state index contributed by atoms with van der Waals surface area (Å²) in [5.74, 6) is 0.866. The molecule has 0 saturated heterocycles. The Morgan fingerprint density at radius 1 is 0.473 bits per heavy atom. The lowest BCUT2D eigenvalue weighted by molar-refractivity contribution is 0.522. The lowest BCUT2D eigenvalue weighted by Gasteiger charge is -2.17. The topological polar surface area (TPSA) is 476 Å². The van der Waals surface area contributed by atoms with Crippen LogP contribution < -0.4 is 55.8 Å². The molecule has 0 aromatic carbocycles. The van der Waals surface area contributed by atoms with Crippen molar-refractivity contribution in [2.75, 3.05) is 33.6 Å². The normalized spacial score (nSPS) is 12.3. The van der Waals surface area contributed by atoms with Crippen LogP contribution >= 0.6 is 93.6 Å². The number of rotatable bonds is 18. The summed E-state index contributed by atoms with van der Waals surface area (Å²) >= 11 is 40.3. The van der Waals surface area contributed by atoms with Gasteiger partial charge in [0.2, 0.25) is 26.4 Å². The summed E-state index contributed by atoms with van der Waals surface area (Å²) < 4.78 is 50.9. The van der Waals surface area contributed by atoms with Gasteiger partial charge in [0.05, 0.1) is 79.1 Å². The number of pyridine rings is 2. The zero-order valence-electron chi connectivity index (χ0n) is 63.8. The summed E-state index contributed by atoms with van der Waals surface area (Å²) in [4.78, 5) is 108. The fourth-order valence-electron chi connectivity index (χ4n) is 8.88. The first kappa shape index (κ1) is 98.4. The molecule has 0 spiro atoms. The monoisotopic (exact) mass is 1720 g/mol. The van der Waals surface area contributed by atoms with Crippen molar-refractivity contribution >= 4 is 178 Å². The third-order valence-corrected chi connectivity index (χ3v) is 21.1. The number of hydrogen-bond acceptors (Lipinski definition) is 28. The molecule has 11 N–H and O–H groups in total. The van der Waals surface area contributed by atoms with E-state index in [1.807, 2.05) is 55.4 Å². The SMILES string of the molecule is CCS(=O)(=O)c1ccc(CN)nc1.CC[C@@H](C)N.CC[C@@H](C)Nc1nc(Cl)nc(C)c1N.CC[C@@H](C)n1c(=O)c(=O)[nH]c2c(C)nc(Cl)nc21.CC[C@@H](C)n1c(=O)c(Cl)nc2c(C)nc(Cl)nc21.CC[C@@H](C)n1c(=O)c(NCc2ccc(S(=O)(=O)CC)cn2)nc2c(C)nc(Cl)nc21.Cc1nc(Cl)nc(Cl)c1N.Cl.[B]. The molecule has 599 valence electrons. The third-order valence-electron chi connectivity index (χ3n) is 16.3. The molecule has 32 nitrogen and oxygen atoms in total. The van der Waals surface area contributed by atoms with E-state index < -0.39 is 30.8 Å². The quantitative estimate of drug-likeness (QED) is 0.0181. The molecule has 0 aliphatic carbocycles. The van der Waals surface area contributed by atoms with Gasteiger partial charge in [-0.2, -0.15) is 19.9 Å². The molecule has 10 aromatic heterocycles. The number of nitrogens with one attached hydrogen (secondary N) is 3. The van der Waals surface area contributed by atoms with Gasteiger partial charge in [0, 0.05) is 57.6 Å². The zero-order valence-corrected chi connectivity index (χ0v) is 71.6. The highest BCUT2D eigenvalue weighted by Gasteiger charge is 2.22. The first-order valence-corrected chi connectivity index (χ1v) is 39.9. The van der Waals surface area contributed by atoms with Gasteiger partial charge in [-0.15, -0.1) is 12.4 Å². The molecule has 0 amide bonds. The smallest absolute Gasteiger partial charge is 0.318 e. The highest BCUT2D eigenvalue weighted by atomic mass is 35.5. The van der Waals surface area contributed by atoms with Crippen LogP contribution in [0.1, 0.15) is 173 Å². The number of H-pyrrole nitrogens is 1. The number of aromatic nitrogens is 18. The molecule has 10 heterocycles. The van der Waals surface area contributed by atoms with Crippen LogP contribution in [-0.4, -0.2) is 137 Å². The standard InChI is InChI=1S/C19H23ClN6O3S.C11H12Cl2N4O.C11H13ClN4O2.C9H15ClN4.C8H12N2O2S.C5H5Cl2N3.C4H11N.B.ClH/c1-5-11(3)26-17-15(12(4)23-19(20)25-17)24-16(18(26)27)22-9-13-7-8-14(10-21-13)30(28,29)6-2;1-4-5(2)17-9-7(15-8(12)10(17)18)6(3)14-11(13)16-9;1-4-5(2)16-8-7(14-9(17)10(16)18)6(3)13-11(12)15-8;1-4-5(2)12-8-7(11)6(3)13-9(10)14-8;1-2-13(11,12)8-4-3-7(5-9)10-6-8;1-2-3(8)4(6)10-5(7)9-2;1-3-4(2)5;;/h7-8,10-11H,5-6,9H2,1-4H3,(H,22,24);5H,4H2,1-3H3;5H,4H2,1-3H3,(H,14,17);5H,4,11H2,1-3H3,(H,12,13,14);3-4,6H,2,5,9H2,1H3;8H2,1H3;4H,3,5H2,1-2H3;;1H/t11-;3*5-;;;4-;;/m1111..1../s1. The summed E-state index contributed by atoms with van der Waals surface area (Å²) in [6.45, 7) is 32.3. The van der Waals surface area contributed by atoms with E-state index in [0.717, 1.165) is 19.3 Å². The van der Waals surface area contributed by atoms with Gasteiger partial charge in [0.15, 0.2) is 58.6 Å². The van der Waals surface area contributed by atoms with Gasteiger partial charge >= 0.3 is 11.1 Å². The van der Waals surface area contributed by atoms with Crippen molar-refractivity contribution in [2.45, 2.75) is 203 Å². The van der Waals surface area contributed by atoms with E-state index >= 15 is 0 Å². The van der Waals surface area contributed by atoms with Crippen molar-refractivity contribution in [3.05, 3.63) is 155 Å². The van der Waals surface area contributed by atoms with Crippen molar-refractivity contribution in [3.8, 4) is 0 Å². The summed E-state index contributed by atoms with van der Waals surface area (Å²) in [7, 11) is -6.44. The number of nitrogens with zero attached hydrogens (tertiary/aromatic N) is 17. The van der Waals surface area contributed by atoms with E-state index in [0.29, 0.717) is 122 Å². The minimum absolute atomic E-state index is 0. The zero-order chi connectivity index (χ0) is 81.6. The predicted molar refractivity (Wildman–Crippen MR) is 444 cm³/mol. The average Bonchev–Trinajstić information content (AvgIpc) is 0.774. The van der Waals surface area contributed by atoms with Crippen LogP contribution in [0.2, 0.25) is 36.7 Å². The molecule has 0 unspecified atom stereocenters. The van der Waals surface area contributed by atoms with Crippen molar-refractivity contribution < 1.29 is 16.8 Å². The Bertz CT molecular complexity index is 5230. The Kier molecular flexibility index (Phi) is 40.4. The summed E-state index contributed by atoms with van der Waals surface area (Å²) in [6.07, 6.45) is 6.95. The van der Waals surface area contributed by atoms with Crippen LogP contribution in [0.3, 0.4) is 0 Å². The number of anilines is 4. The molecule has 0 fully saturated rings. The van der Waals surface area contributed by atoms with Gasteiger partial charge in [-0.1, -0.05) is 71.7 Å². The molecular weight excluding hydrogens is 1630 g/mol. The third kappa shape index (κ3) is 27.0.